The van der Waals surface area contributed by atoms with E-state index in [4.69, 9.17) is 5.73 Å². The molecule has 4 heteroatoms. The highest BCUT2D eigenvalue weighted by Crippen LogP contribution is 2.28. The van der Waals surface area contributed by atoms with Gasteiger partial charge in [-0.3, -0.25) is 0 Å². The lowest BCUT2D eigenvalue weighted by Crippen LogP contribution is -2.37. The quantitative estimate of drug-likeness (QED) is 0.868. The molecule has 0 amide bonds. The second-order valence-corrected chi connectivity index (χ2v) is 6.44. The highest BCUT2D eigenvalue weighted by Gasteiger charge is 2.20. The van der Waals surface area contributed by atoms with Gasteiger partial charge in [-0.25, -0.2) is 4.98 Å². The molecule has 2 N–H and O–H groups in total. The average Bonchev–Trinajstić information content (AvgIpc) is 2.14. The van der Waals surface area contributed by atoms with Crippen molar-refractivity contribution in [1.82, 2.24) is 4.98 Å². The van der Waals surface area contributed by atoms with Crippen LogP contribution in [0.3, 0.4) is 0 Å². The van der Waals surface area contributed by atoms with Crippen molar-refractivity contribution in [3.05, 3.63) is 22.8 Å². The molecule has 0 saturated carbocycles. The van der Waals surface area contributed by atoms with E-state index >= 15 is 0 Å². The van der Waals surface area contributed by atoms with Crippen molar-refractivity contribution in [2.45, 2.75) is 31.8 Å². The number of nitrogens with zero attached hydrogens (tertiary/aromatic N) is 1. The smallest absolute Gasteiger partial charge is 0.110 e. The van der Waals surface area contributed by atoms with E-state index in [1.54, 1.807) is 18.0 Å². The van der Waals surface area contributed by atoms with Crippen molar-refractivity contribution >= 4 is 27.7 Å². The summed E-state index contributed by atoms with van der Waals surface area (Å²) >= 11 is 5.17. The Balaban J connectivity index is 2.55. The van der Waals surface area contributed by atoms with Crippen LogP contribution >= 0.6 is 27.7 Å². The molecule has 0 radical (unpaired) electrons. The number of pyridine rings is 1. The van der Waals surface area contributed by atoms with Crippen LogP contribution in [0, 0.1) is 5.41 Å². The first-order valence-electron chi connectivity index (χ1n) is 4.90. The van der Waals surface area contributed by atoms with Gasteiger partial charge in [-0.2, -0.15) is 0 Å². The number of rotatable bonds is 3. The van der Waals surface area contributed by atoms with E-state index < -0.39 is 0 Å². The minimum atomic E-state index is 0.147. The normalized spacial score (nSPS) is 13.9. The summed E-state index contributed by atoms with van der Waals surface area (Å²) in [6, 6.07) is 4.09. The van der Waals surface area contributed by atoms with Gasteiger partial charge in [-0.15, -0.1) is 11.8 Å². The highest BCUT2D eigenvalue weighted by atomic mass is 79.9. The van der Waals surface area contributed by atoms with Crippen LogP contribution in [0.5, 0.6) is 0 Å². The van der Waals surface area contributed by atoms with Gasteiger partial charge in [0.15, 0.2) is 0 Å². The van der Waals surface area contributed by atoms with E-state index in [-0.39, 0.29) is 11.5 Å². The molecule has 1 unspecified atom stereocenters. The Labute approximate surface area is 104 Å². The van der Waals surface area contributed by atoms with Crippen LogP contribution in [0.4, 0.5) is 0 Å². The second-order valence-electron chi connectivity index (χ2n) is 4.57. The average molecular weight is 289 g/mol. The zero-order valence-electron chi connectivity index (χ0n) is 9.33. The monoisotopic (exact) mass is 288 g/mol. The summed E-state index contributed by atoms with van der Waals surface area (Å²) in [5.74, 6) is 0.888. The maximum atomic E-state index is 6.08. The van der Waals surface area contributed by atoms with Gasteiger partial charge in [-0.1, -0.05) is 20.8 Å². The zero-order chi connectivity index (χ0) is 11.5. The van der Waals surface area contributed by atoms with E-state index in [1.165, 1.54) is 0 Å². The maximum Gasteiger partial charge on any atom is 0.110 e. The summed E-state index contributed by atoms with van der Waals surface area (Å²) in [5, 5.41) is 1.01. The summed E-state index contributed by atoms with van der Waals surface area (Å²) in [6.07, 6.45) is 1.80. The molecule has 0 aliphatic carbocycles. The Kier molecular flexibility index (Phi) is 4.62. The fourth-order valence-electron chi connectivity index (χ4n) is 0.896. The topological polar surface area (TPSA) is 38.9 Å². The first-order chi connectivity index (χ1) is 6.91. The molecule has 0 fully saturated rings. The number of thioether (sulfide) groups is 1. The van der Waals surface area contributed by atoms with Gasteiger partial charge in [0, 0.05) is 22.5 Å². The molecule has 15 heavy (non-hydrogen) atoms. The van der Waals surface area contributed by atoms with Crippen molar-refractivity contribution < 1.29 is 0 Å². The number of nitrogens with two attached hydrogens (primary N) is 1. The standard InChI is InChI=1S/C11H17BrN2S/c1-11(2,3)9(13)7-15-10-8(12)5-4-6-14-10/h4-6,9H,7,13H2,1-3H3. The lowest BCUT2D eigenvalue weighted by molar-refractivity contribution is 0.344. The molecule has 0 saturated heterocycles. The highest BCUT2D eigenvalue weighted by molar-refractivity contribution is 9.10. The Morgan fingerprint density at radius 1 is 1.53 bits per heavy atom. The fourth-order valence-corrected chi connectivity index (χ4v) is 2.67. The third kappa shape index (κ3) is 4.13. The zero-order valence-corrected chi connectivity index (χ0v) is 11.7. The number of aromatic nitrogens is 1. The minimum Gasteiger partial charge on any atom is -0.326 e. The second kappa shape index (κ2) is 5.32. The summed E-state index contributed by atoms with van der Waals surface area (Å²) in [6.45, 7) is 6.48. The van der Waals surface area contributed by atoms with Gasteiger partial charge in [-0.05, 0) is 33.5 Å². The van der Waals surface area contributed by atoms with Crippen LogP contribution in [0.25, 0.3) is 0 Å². The van der Waals surface area contributed by atoms with Crippen molar-refractivity contribution in [3.63, 3.8) is 0 Å². The molecule has 0 aliphatic rings. The third-order valence-electron chi connectivity index (χ3n) is 2.24. The van der Waals surface area contributed by atoms with Gasteiger partial charge in [0.25, 0.3) is 0 Å². The molecule has 0 bridgehead atoms. The number of hydrogen-bond acceptors (Lipinski definition) is 3. The van der Waals surface area contributed by atoms with Crippen LogP contribution < -0.4 is 5.73 Å². The minimum absolute atomic E-state index is 0.147. The van der Waals surface area contributed by atoms with Crippen LogP contribution in [0.2, 0.25) is 0 Å². The number of hydrogen-bond donors (Lipinski definition) is 1. The predicted molar refractivity (Wildman–Crippen MR) is 70.1 cm³/mol. The van der Waals surface area contributed by atoms with Crippen molar-refractivity contribution in [2.24, 2.45) is 11.1 Å². The first-order valence-corrected chi connectivity index (χ1v) is 6.68. The SMILES string of the molecule is CC(C)(C)C(N)CSc1ncccc1Br. The summed E-state index contributed by atoms with van der Waals surface area (Å²) in [4.78, 5) is 4.29. The Hall–Kier alpha value is -0.0600. The van der Waals surface area contributed by atoms with Crippen LogP contribution in [0.1, 0.15) is 20.8 Å². The van der Waals surface area contributed by atoms with E-state index in [1.807, 2.05) is 12.1 Å². The van der Waals surface area contributed by atoms with Crippen LogP contribution in [0.15, 0.2) is 27.8 Å². The summed E-state index contributed by atoms with van der Waals surface area (Å²) < 4.78 is 1.04. The van der Waals surface area contributed by atoms with Crippen LogP contribution in [-0.2, 0) is 0 Å². The Bertz CT molecular complexity index is 323. The van der Waals surface area contributed by atoms with E-state index in [0.717, 1.165) is 15.3 Å². The van der Waals surface area contributed by atoms with Gasteiger partial charge in [0.2, 0.25) is 0 Å². The summed E-state index contributed by atoms with van der Waals surface area (Å²) in [5.41, 5.74) is 6.23. The molecule has 2 nitrogen and oxygen atoms in total. The molecular formula is C11H17BrN2S. The third-order valence-corrected chi connectivity index (χ3v) is 4.26. The molecule has 1 aromatic rings. The van der Waals surface area contributed by atoms with Crippen LogP contribution in [-0.4, -0.2) is 16.8 Å². The molecule has 0 aliphatic heterocycles. The van der Waals surface area contributed by atoms with Crippen molar-refractivity contribution in [1.29, 1.82) is 0 Å². The molecular weight excluding hydrogens is 272 g/mol. The first kappa shape index (κ1) is 13.0. The summed E-state index contributed by atoms with van der Waals surface area (Å²) in [7, 11) is 0. The van der Waals surface area contributed by atoms with E-state index in [0.29, 0.717) is 0 Å². The van der Waals surface area contributed by atoms with Gasteiger partial charge in [0.1, 0.15) is 5.03 Å². The molecule has 0 aromatic carbocycles. The van der Waals surface area contributed by atoms with Gasteiger partial charge < -0.3 is 5.73 Å². The molecule has 84 valence electrons. The number of halogens is 1. The molecule has 0 spiro atoms. The lowest BCUT2D eigenvalue weighted by Gasteiger charge is -2.26. The maximum absolute atomic E-state index is 6.08. The fraction of sp³-hybridized carbons (Fsp3) is 0.545. The molecule has 1 rings (SSSR count). The van der Waals surface area contributed by atoms with E-state index in [9.17, 15) is 0 Å². The Morgan fingerprint density at radius 3 is 2.73 bits per heavy atom. The molecule has 1 heterocycles. The predicted octanol–water partition coefficient (Wildman–Crippen LogP) is 3.31. The molecule has 1 aromatic heterocycles. The van der Waals surface area contributed by atoms with E-state index in [2.05, 4.69) is 41.7 Å². The largest absolute Gasteiger partial charge is 0.326 e. The lowest BCUT2D eigenvalue weighted by atomic mass is 9.89. The Morgan fingerprint density at radius 2 is 2.20 bits per heavy atom. The molecule has 1 atom stereocenters. The van der Waals surface area contributed by atoms with Crippen molar-refractivity contribution in [2.75, 3.05) is 5.75 Å². The van der Waals surface area contributed by atoms with Crippen molar-refractivity contribution in [3.8, 4) is 0 Å². The van der Waals surface area contributed by atoms with Gasteiger partial charge >= 0.3 is 0 Å². The van der Waals surface area contributed by atoms with Gasteiger partial charge in [0.05, 0.1) is 0 Å².